The van der Waals surface area contributed by atoms with Gasteiger partial charge in [0.1, 0.15) is 0 Å². The molecule has 1 N–H and O–H groups in total. The number of hydrogen-bond acceptors (Lipinski definition) is 4. The van der Waals surface area contributed by atoms with Crippen LogP contribution >= 0.6 is 11.8 Å². The average molecular weight is 334 g/mol. The quantitative estimate of drug-likeness (QED) is 0.895. The van der Waals surface area contributed by atoms with Crippen LogP contribution in [0.4, 0.5) is 5.69 Å². The molecule has 0 spiro atoms. The minimum absolute atomic E-state index is 0.221. The largest absolute Gasteiger partial charge is 0.369 e. The van der Waals surface area contributed by atoms with Crippen molar-refractivity contribution >= 4 is 23.4 Å². The van der Waals surface area contributed by atoms with Crippen molar-refractivity contribution in [1.29, 1.82) is 0 Å². The van der Waals surface area contributed by atoms with Gasteiger partial charge in [-0.3, -0.25) is 9.69 Å². The Morgan fingerprint density at radius 1 is 1.30 bits per heavy atom. The van der Waals surface area contributed by atoms with Crippen LogP contribution in [0.5, 0.6) is 0 Å². The van der Waals surface area contributed by atoms with E-state index in [-0.39, 0.29) is 5.91 Å². The summed E-state index contributed by atoms with van der Waals surface area (Å²) in [4.78, 5) is 16.9. The lowest BCUT2D eigenvalue weighted by molar-refractivity contribution is -0.122. The summed E-state index contributed by atoms with van der Waals surface area (Å²) >= 11 is 1.94. The predicted octanol–water partition coefficient (Wildman–Crippen LogP) is 2.13. The first-order valence-corrected chi connectivity index (χ1v) is 9.77. The number of rotatable bonds is 5. The molecule has 2 aliphatic heterocycles. The Hall–Kier alpha value is -1.20. The Morgan fingerprint density at radius 2 is 2.13 bits per heavy atom. The van der Waals surface area contributed by atoms with Crippen molar-refractivity contribution in [1.82, 2.24) is 10.2 Å². The van der Waals surface area contributed by atoms with Gasteiger partial charge in [-0.15, -0.1) is 0 Å². The second-order valence-electron chi connectivity index (χ2n) is 6.55. The summed E-state index contributed by atoms with van der Waals surface area (Å²) in [5, 5.41) is 3.16. The SMILES string of the molecule is Cc1cccc(N2CCN(CCC(=O)NC3CCSC3)CC2)c1. The molecule has 0 aliphatic carbocycles. The fourth-order valence-electron chi connectivity index (χ4n) is 3.26. The Balaban J connectivity index is 1.38. The third kappa shape index (κ3) is 4.88. The van der Waals surface area contributed by atoms with E-state index in [0.717, 1.165) is 44.9 Å². The van der Waals surface area contributed by atoms with Crippen LogP contribution in [0.15, 0.2) is 24.3 Å². The standard InChI is InChI=1S/C18H27N3OS/c1-15-3-2-4-17(13-15)21-10-8-20(9-11-21)7-5-18(22)19-16-6-12-23-14-16/h2-4,13,16H,5-12,14H2,1H3,(H,19,22). The molecule has 1 atom stereocenters. The van der Waals surface area contributed by atoms with Crippen LogP contribution < -0.4 is 10.2 Å². The lowest BCUT2D eigenvalue weighted by Gasteiger charge is -2.36. The summed E-state index contributed by atoms with van der Waals surface area (Å²) in [6.45, 7) is 7.20. The minimum atomic E-state index is 0.221. The molecule has 126 valence electrons. The predicted molar refractivity (Wildman–Crippen MR) is 98.3 cm³/mol. The topological polar surface area (TPSA) is 35.6 Å². The summed E-state index contributed by atoms with van der Waals surface area (Å²) in [6, 6.07) is 9.12. The highest BCUT2D eigenvalue weighted by molar-refractivity contribution is 7.99. The number of thioether (sulfide) groups is 1. The maximum Gasteiger partial charge on any atom is 0.221 e. The molecule has 0 aromatic heterocycles. The zero-order valence-corrected chi connectivity index (χ0v) is 14.8. The van der Waals surface area contributed by atoms with Crippen LogP contribution in [0.3, 0.4) is 0 Å². The van der Waals surface area contributed by atoms with Crippen molar-refractivity contribution < 1.29 is 4.79 Å². The fourth-order valence-corrected chi connectivity index (χ4v) is 4.41. The second-order valence-corrected chi connectivity index (χ2v) is 7.70. The number of anilines is 1. The molecule has 4 nitrogen and oxygen atoms in total. The van der Waals surface area contributed by atoms with Crippen molar-refractivity contribution in [3.63, 3.8) is 0 Å². The monoisotopic (exact) mass is 333 g/mol. The number of aryl methyl sites for hydroxylation is 1. The van der Waals surface area contributed by atoms with E-state index in [1.807, 2.05) is 11.8 Å². The van der Waals surface area contributed by atoms with Gasteiger partial charge < -0.3 is 10.2 Å². The van der Waals surface area contributed by atoms with E-state index in [0.29, 0.717) is 12.5 Å². The Morgan fingerprint density at radius 3 is 2.83 bits per heavy atom. The highest BCUT2D eigenvalue weighted by Crippen LogP contribution is 2.18. The van der Waals surface area contributed by atoms with Crippen molar-refractivity contribution in [3.8, 4) is 0 Å². The number of carbonyl (C=O) groups excluding carboxylic acids is 1. The van der Waals surface area contributed by atoms with Gasteiger partial charge in [0.15, 0.2) is 0 Å². The molecule has 0 radical (unpaired) electrons. The third-order valence-corrected chi connectivity index (χ3v) is 5.85. The molecule has 5 heteroatoms. The maximum absolute atomic E-state index is 12.0. The van der Waals surface area contributed by atoms with Crippen molar-refractivity contribution in [2.24, 2.45) is 0 Å². The van der Waals surface area contributed by atoms with Gasteiger partial charge >= 0.3 is 0 Å². The van der Waals surface area contributed by atoms with Crippen molar-refractivity contribution in [3.05, 3.63) is 29.8 Å². The summed E-state index contributed by atoms with van der Waals surface area (Å²) < 4.78 is 0. The van der Waals surface area contributed by atoms with E-state index in [2.05, 4.69) is 46.3 Å². The molecule has 2 heterocycles. The van der Waals surface area contributed by atoms with Gasteiger partial charge in [-0.2, -0.15) is 11.8 Å². The second kappa shape index (κ2) is 8.06. The minimum Gasteiger partial charge on any atom is -0.369 e. The maximum atomic E-state index is 12.0. The van der Waals surface area contributed by atoms with E-state index < -0.39 is 0 Å². The van der Waals surface area contributed by atoms with Gasteiger partial charge in [0, 0.05) is 56.6 Å². The van der Waals surface area contributed by atoms with Crippen molar-refractivity contribution in [2.45, 2.75) is 25.8 Å². The van der Waals surface area contributed by atoms with Crippen LogP contribution in [-0.2, 0) is 4.79 Å². The lowest BCUT2D eigenvalue weighted by Crippen LogP contribution is -2.47. The number of hydrogen-bond donors (Lipinski definition) is 1. The van der Waals surface area contributed by atoms with Crippen LogP contribution in [0.25, 0.3) is 0 Å². The molecule has 3 rings (SSSR count). The van der Waals surface area contributed by atoms with Gasteiger partial charge in [0.25, 0.3) is 0 Å². The normalized spacial score (nSPS) is 22.3. The Kier molecular flexibility index (Phi) is 5.84. The van der Waals surface area contributed by atoms with Gasteiger partial charge in [-0.1, -0.05) is 12.1 Å². The molecule has 23 heavy (non-hydrogen) atoms. The summed E-state index contributed by atoms with van der Waals surface area (Å²) in [6.07, 6.45) is 1.76. The van der Waals surface area contributed by atoms with Crippen LogP contribution in [0, 0.1) is 6.92 Å². The molecule has 1 aromatic rings. The van der Waals surface area contributed by atoms with E-state index >= 15 is 0 Å². The smallest absolute Gasteiger partial charge is 0.221 e. The summed E-state index contributed by atoms with van der Waals surface area (Å²) in [5.41, 5.74) is 2.63. The molecular weight excluding hydrogens is 306 g/mol. The summed E-state index contributed by atoms with van der Waals surface area (Å²) in [5.74, 6) is 2.49. The van der Waals surface area contributed by atoms with E-state index in [1.165, 1.54) is 17.0 Å². The lowest BCUT2D eigenvalue weighted by atomic mass is 10.2. The first-order valence-electron chi connectivity index (χ1n) is 8.62. The third-order valence-electron chi connectivity index (χ3n) is 4.69. The molecule has 1 unspecified atom stereocenters. The van der Waals surface area contributed by atoms with Crippen LogP contribution in [0.1, 0.15) is 18.4 Å². The molecular formula is C18H27N3OS. The number of carbonyl (C=O) groups is 1. The van der Waals surface area contributed by atoms with Gasteiger partial charge in [0.2, 0.25) is 5.91 Å². The molecule has 2 fully saturated rings. The van der Waals surface area contributed by atoms with E-state index in [4.69, 9.17) is 0 Å². The first-order chi connectivity index (χ1) is 11.2. The molecule has 2 aliphatic rings. The molecule has 2 saturated heterocycles. The number of amides is 1. The number of nitrogens with zero attached hydrogens (tertiary/aromatic N) is 2. The first kappa shape index (κ1) is 16.7. The van der Waals surface area contributed by atoms with E-state index in [9.17, 15) is 4.79 Å². The van der Waals surface area contributed by atoms with Crippen LogP contribution in [0.2, 0.25) is 0 Å². The van der Waals surface area contributed by atoms with E-state index in [1.54, 1.807) is 0 Å². The number of benzene rings is 1. The fraction of sp³-hybridized carbons (Fsp3) is 0.611. The Bertz CT molecular complexity index is 523. The highest BCUT2D eigenvalue weighted by atomic mass is 32.2. The Labute approximate surface area is 143 Å². The molecule has 0 saturated carbocycles. The van der Waals surface area contributed by atoms with Gasteiger partial charge in [-0.05, 0) is 36.8 Å². The zero-order chi connectivity index (χ0) is 16.1. The molecule has 1 aromatic carbocycles. The number of nitrogens with one attached hydrogen (secondary N) is 1. The van der Waals surface area contributed by atoms with Crippen LogP contribution in [-0.4, -0.2) is 61.1 Å². The van der Waals surface area contributed by atoms with Crippen molar-refractivity contribution in [2.75, 3.05) is 49.1 Å². The summed E-state index contributed by atoms with van der Waals surface area (Å²) in [7, 11) is 0. The van der Waals surface area contributed by atoms with Gasteiger partial charge in [0.05, 0.1) is 0 Å². The van der Waals surface area contributed by atoms with Gasteiger partial charge in [-0.25, -0.2) is 0 Å². The molecule has 0 bridgehead atoms. The average Bonchev–Trinajstić information content (AvgIpc) is 3.06. The number of piperazine rings is 1. The zero-order valence-electron chi connectivity index (χ0n) is 14.0. The highest BCUT2D eigenvalue weighted by Gasteiger charge is 2.20. The molecule has 1 amide bonds.